The van der Waals surface area contributed by atoms with Crippen LogP contribution in [-0.2, 0) is 28.7 Å². The molecule has 2 N–H and O–H groups in total. The highest BCUT2D eigenvalue weighted by atomic mass is 16.5. The number of urea groups is 1. The molecule has 0 radical (unpaired) electrons. The summed E-state index contributed by atoms with van der Waals surface area (Å²) in [7, 11) is 0. The Morgan fingerprint density at radius 1 is 1.00 bits per heavy atom. The number of morpholine rings is 1. The van der Waals surface area contributed by atoms with Crippen molar-refractivity contribution in [2.75, 3.05) is 39.5 Å². The van der Waals surface area contributed by atoms with Crippen LogP contribution in [0, 0.1) is 11.8 Å². The van der Waals surface area contributed by atoms with E-state index in [-0.39, 0.29) is 24.5 Å². The van der Waals surface area contributed by atoms with E-state index >= 15 is 0 Å². The lowest BCUT2D eigenvalue weighted by molar-refractivity contribution is -0.157. The molecule has 2 saturated heterocycles. The fourth-order valence-electron chi connectivity index (χ4n) is 4.37. The second kappa shape index (κ2) is 12.8. The van der Waals surface area contributed by atoms with Crippen molar-refractivity contribution in [2.24, 2.45) is 11.8 Å². The molecule has 0 aromatic heterocycles. The largest absolute Gasteiger partial charge is 0.460 e. The SMILES string of the molecule is CCOC(=O)C(=O)C(C(C)C)N1CCC[C@H]1C(=O)NC(=O)[C@@H](NC(=O)N1CCOCC1)C(C)C. The second-order valence-electron chi connectivity index (χ2n) is 9.29. The molecule has 0 aromatic carbocycles. The van der Waals surface area contributed by atoms with Gasteiger partial charge in [0.15, 0.2) is 0 Å². The van der Waals surface area contributed by atoms with Gasteiger partial charge in [-0.3, -0.25) is 24.6 Å². The lowest BCUT2D eigenvalue weighted by atomic mass is 9.96. The molecule has 2 rings (SSSR count). The molecule has 0 spiro atoms. The molecule has 0 saturated carbocycles. The van der Waals surface area contributed by atoms with Gasteiger partial charge < -0.3 is 19.7 Å². The normalized spacial score (nSPS) is 20.7. The van der Waals surface area contributed by atoms with E-state index in [1.165, 1.54) is 0 Å². The average molecular weight is 483 g/mol. The van der Waals surface area contributed by atoms with Gasteiger partial charge >= 0.3 is 12.0 Å². The minimum Gasteiger partial charge on any atom is -0.460 e. The Hall–Kier alpha value is -2.53. The predicted octanol–water partition coefficient (Wildman–Crippen LogP) is 0.317. The van der Waals surface area contributed by atoms with Gasteiger partial charge in [-0.25, -0.2) is 9.59 Å². The zero-order valence-electron chi connectivity index (χ0n) is 20.8. The van der Waals surface area contributed by atoms with Crippen LogP contribution in [0.25, 0.3) is 0 Å². The summed E-state index contributed by atoms with van der Waals surface area (Å²) in [5.41, 5.74) is 0. The number of esters is 1. The molecule has 2 aliphatic rings. The Labute approximate surface area is 200 Å². The van der Waals surface area contributed by atoms with Gasteiger partial charge in [-0.1, -0.05) is 27.7 Å². The molecule has 4 amide bonds. The maximum absolute atomic E-state index is 13.1. The van der Waals surface area contributed by atoms with E-state index in [0.717, 1.165) is 0 Å². The van der Waals surface area contributed by atoms with Gasteiger partial charge in [-0.05, 0) is 38.1 Å². The fourth-order valence-corrected chi connectivity index (χ4v) is 4.37. The molecule has 2 aliphatic heterocycles. The van der Waals surface area contributed by atoms with Crippen LogP contribution >= 0.6 is 0 Å². The summed E-state index contributed by atoms with van der Waals surface area (Å²) < 4.78 is 10.1. The molecule has 11 nitrogen and oxygen atoms in total. The molecular formula is C23H38N4O7. The van der Waals surface area contributed by atoms with E-state index in [2.05, 4.69) is 10.6 Å². The van der Waals surface area contributed by atoms with Crippen molar-refractivity contribution in [1.29, 1.82) is 0 Å². The first-order chi connectivity index (χ1) is 16.1. The van der Waals surface area contributed by atoms with Crippen LogP contribution in [-0.4, -0.2) is 97.0 Å². The van der Waals surface area contributed by atoms with Crippen LogP contribution in [0.15, 0.2) is 0 Å². The Bertz CT molecular complexity index is 764. The number of carbonyl (C=O) groups excluding carboxylic acids is 5. The summed E-state index contributed by atoms with van der Waals surface area (Å²) in [5.74, 6) is -3.26. The van der Waals surface area contributed by atoms with Crippen LogP contribution in [0.1, 0.15) is 47.5 Å². The first-order valence-corrected chi connectivity index (χ1v) is 12.0. The van der Waals surface area contributed by atoms with Gasteiger partial charge in [-0.2, -0.15) is 0 Å². The molecule has 2 fully saturated rings. The molecule has 2 heterocycles. The van der Waals surface area contributed by atoms with E-state index in [1.54, 1.807) is 44.4 Å². The van der Waals surface area contributed by atoms with E-state index in [4.69, 9.17) is 9.47 Å². The van der Waals surface area contributed by atoms with Crippen molar-refractivity contribution in [2.45, 2.75) is 65.6 Å². The molecule has 0 aliphatic carbocycles. The summed E-state index contributed by atoms with van der Waals surface area (Å²) >= 11 is 0. The maximum Gasteiger partial charge on any atom is 0.376 e. The molecule has 192 valence electrons. The maximum atomic E-state index is 13.1. The van der Waals surface area contributed by atoms with Crippen LogP contribution < -0.4 is 10.6 Å². The van der Waals surface area contributed by atoms with E-state index in [1.807, 2.05) is 0 Å². The van der Waals surface area contributed by atoms with Gasteiger partial charge in [0.1, 0.15) is 6.04 Å². The third-order valence-corrected chi connectivity index (χ3v) is 6.10. The number of rotatable bonds is 9. The van der Waals surface area contributed by atoms with Crippen LogP contribution in [0.2, 0.25) is 0 Å². The van der Waals surface area contributed by atoms with Crippen LogP contribution in [0.3, 0.4) is 0 Å². The Balaban J connectivity index is 2.08. The number of ether oxygens (including phenoxy) is 2. The Morgan fingerprint density at radius 3 is 2.21 bits per heavy atom. The quantitative estimate of drug-likeness (QED) is 0.354. The van der Waals surface area contributed by atoms with Gasteiger partial charge in [0, 0.05) is 13.1 Å². The van der Waals surface area contributed by atoms with Gasteiger partial charge in [0.25, 0.3) is 5.78 Å². The smallest absolute Gasteiger partial charge is 0.376 e. The zero-order chi connectivity index (χ0) is 25.4. The van der Waals surface area contributed by atoms with Gasteiger partial charge in [0.05, 0.1) is 31.9 Å². The lowest BCUT2D eigenvalue weighted by Gasteiger charge is -2.33. The molecule has 3 atom stereocenters. The van der Waals surface area contributed by atoms with Crippen molar-refractivity contribution in [3.05, 3.63) is 0 Å². The first-order valence-electron chi connectivity index (χ1n) is 12.0. The van der Waals surface area contributed by atoms with Crippen LogP contribution in [0.4, 0.5) is 4.79 Å². The summed E-state index contributed by atoms with van der Waals surface area (Å²) in [5, 5.41) is 5.14. The van der Waals surface area contributed by atoms with E-state index in [0.29, 0.717) is 45.7 Å². The number of likely N-dealkylation sites (tertiary alicyclic amines) is 1. The molecule has 34 heavy (non-hydrogen) atoms. The molecular weight excluding hydrogens is 444 g/mol. The zero-order valence-corrected chi connectivity index (χ0v) is 20.8. The number of nitrogens with zero attached hydrogens (tertiary/aromatic N) is 2. The number of ketones is 1. The Kier molecular flexibility index (Phi) is 10.4. The first kappa shape index (κ1) is 27.7. The minimum atomic E-state index is -0.922. The van der Waals surface area contributed by atoms with Crippen molar-refractivity contribution >= 4 is 29.6 Å². The fraction of sp³-hybridized carbons (Fsp3) is 0.783. The van der Waals surface area contributed by atoms with Crippen LogP contribution in [0.5, 0.6) is 0 Å². The topological polar surface area (TPSA) is 134 Å². The summed E-state index contributed by atoms with van der Waals surface area (Å²) in [6.45, 7) is 11.0. The molecule has 11 heteroatoms. The number of imide groups is 1. The van der Waals surface area contributed by atoms with Crippen molar-refractivity contribution in [3.63, 3.8) is 0 Å². The summed E-state index contributed by atoms with van der Waals surface area (Å²) in [4.78, 5) is 66.7. The molecule has 0 bridgehead atoms. The highest BCUT2D eigenvalue weighted by Gasteiger charge is 2.43. The highest BCUT2D eigenvalue weighted by Crippen LogP contribution is 2.25. The molecule has 0 aromatic rings. The Morgan fingerprint density at radius 2 is 1.65 bits per heavy atom. The van der Waals surface area contributed by atoms with Gasteiger partial charge in [-0.15, -0.1) is 0 Å². The third-order valence-electron chi connectivity index (χ3n) is 6.10. The number of Topliss-reactive ketones (excluding diaryl/α,β-unsaturated/α-hetero) is 1. The number of hydrogen-bond acceptors (Lipinski definition) is 8. The van der Waals surface area contributed by atoms with Gasteiger partial charge in [0.2, 0.25) is 11.8 Å². The van der Waals surface area contributed by atoms with Crippen molar-refractivity contribution < 1.29 is 33.4 Å². The monoisotopic (exact) mass is 482 g/mol. The van der Waals surface area contributed by atoms with E-state index < -0.39 is 41.7 Å². The van der Waals surface area contributed by atoms with E-state index in [9.17, 15) is 24.0 Å². The van der Waals surface area contributed by atoms with Crippen molar-refractivity contribution in [1.82, 2.24) is 20.4 Å². The summed E-state index contributed by atoms with van der Waals surface area (Å²) in [6, 6.07) is -2.85. The number of hydrogen-bond donors (Lipinski definition) is 2. The standard InChI is InChI=1S/C23H38N4O7/c1-6-34-22(31)19(28)18(15(4)5)27-9-7-8-16(27)20(29)25-21(30)17(14(2)3)24-23(32)26-10-12-33-13-11-26/h14-18H,6-13H2,1-5H3,(H,24,32)(H,25,29,30)/t16-,17-,18?/m0/s1. The number of carbonyl (C=O) groups is 5. The average Bonchev–Trinajstić information content (AvgIpc) is 3.26. The lowest BCUT2D eigenvalue weighted by Crippen LogP contribution is -2.59. The second-order valence-corrected chi connectivity index (χ2v) is 9.29. The number of amides is 4. The predicted molar refractivity (Wildman–Crippen MR) is 123 cm³/mol. The number of nitrogens with one attached hydrogen (secondary N) is 2. The minimum absolute atomic E-state index is 0.0839. The summed E-state index contributed by atoms with van der Waals surface area (Å²) in [6.07, 6.45) is 1.10. The van der Waals surface area contributed by atoms with Crippen molar-refractivity contribution in [3.8, 4) is 0 Å². The highest BCUT2D eigenvalue weighted by molar-refractivity contribution is 6.35. The third kappa shape index (κ3) is 6.99. The molecule has 1 unspecified atom stereocenters.